The molecular weight excluding hydrogens is 176 g/mol. The van der Waals surface area contributed by atoms with E-state index in [1.807, 2.05) is 10.8 Å². The maximum Gasteiger partial charge on any atom is 0.0690 e. The second-order valence-electron chi connectivity index (χ2n) is 4.10. The lowest BCUT2D eigenvalue weighted by molar-refractivity contribution is 0.173. The van der Waals surface area contributed by atoms with Crippen molar-refractivity contribution in [1.29, 1.82) is 0 Å². The second kappa shape index (κ2) is 5.17. The second-order valence-corrected chi connectivity index (χ2v) is 4.10. The standard InChI is InChI=1S/C11H20N2O/c1-9(2)12-6-11-4-5-13(8-11)7-10(3)14/h4-5,8-10,12,14H,6-7H2,1-3H3. The van der Waals surface area contributed by atoms with Gasteiger partial charge in [0.25, 0.3) is 0 Å². The molecule has 1 unspecified atom stereocenters. The summed E-state index contributed by atoms with van der Waals surface area (Å²) < 4.78 is 2.02. The molecule has 0 fully saturated rings. The number of nitrogens with zero attached hydrogens (tertiary/aromatic N) is 1. The van der Waals surface area contributed by atoms with Gasteiger partial charge in [-0.15, -0.1) is 0 Å². The highest BCUT2D eigenvalue weighted by atomic mass is 16.3. The van der Waals surface area contributed by atoms with Crippen molar-refractivity contribution in [3.8, 4) is 0 Å². The van der Waals surface area contributed by atoms with Crippen molar-refractivity contribution in [2.45, 2.75) is 46.0 Å². The first-order chi connectivity index (χ1) is 6.58. The molecule has 0 aliphatic heterocycles. The third-order valence-corrected chi connectivity index (χ3v) is 2.00. The summed E-state index contributed by atoms with van der Waals surface area (Å²) in [4.78, 5) is 0. The molecule has 3 nitrogen and oxygen atoms in total. The molecule has 1 rings (SSSR count). The third kappa shape index (κ3) is 3.94. The van der Waals surface area contributed by atoms with E-state index in [1.165, 1.54) is 5.56 Å². The quantitative estimate of drug-likeness (QED) is 0.746. The Morgan fingerprint density at radius 2 is 2.14 bits per heavy atom. The summed E-state index contributed by atoms with van der Waals surface area (Å²) >= 11 is 0. The van der Waals surface area contributed by atoms with E-state index in [2.05, 4.69) is 31.4 Å². The molecule has 0 saturated carbocycles. The van der Waals surface area contributed by atoms with Crippen molar-refractivity contribution in [1.82, 2.24) is 9.88 Å². The molecule has 1 aromatic rings. The van der Waals surface area contributed by atoms with Crippen LogP contribution in [0.2, 0.25) is 0 Å². The molecule has 14 heavy (non-hydrogen) atoms. The van der Waals surface area contributed by atoms with Gasteiger partial charge in [-0.1, -0.05) is 13.8 Å². The Balaban J connectivity index is 2.42. The summed E-state index contributed by atoms with van der Waals surface area (Å²) in [6, 6.07) is 2.59. The van der Waals surface area contributed by atoms with Crippen LogP contribution in [-0.2, 0) is 13.1 Å². The SMILES string of the molecule is CC(O)Cn1ccc(CNC(C)C)c1. The molecule has 0 spiro atoms. The van der Waals surface area contributed by atoms with Gasteiger partial charge in [-0.25, -0.2) is 0 Å². The summed E-state index contributed by atoms with van der Waals surface area (Å²) in [7, 11) is 0. The molecule has 0 aliphatic carbocycles. The summed E-state index contributed by atoms with van der Waals surface area (Å²) in [6.07, 6.45) is 3.79. The third-order valence-electron chi connectivity index (χ3n) is 2.00. The van der Waals surface area contributed by atoms with Gasteiger partial charge < -0.3 is 15.0 Å². The van der Waals surface area contributed by atoms with Crippen molar-refractivity contribution >= 4 is 0 Å². The highest BCUT2D eigenvalue weighted by Gasteiger charge is 2.00. The summed E-state index contributed by atoms with van der Waals surface area (Å²) in [5.41, 5.74) is 1.26. The van der Waals surface area contributed by atoms with Gasteiger partial charge in [0.1, 0.15) is 0 Å². The lowest BCUT2D eigenvalue weighted by atomic mass is 10.3. The number of nitrogens with one attached hydrogen (secondary N) is 1. The zero-order valence-electron chi connectivity index (χ0n) is 9.20. The fraction of sp³-hybridized carbons (Fsp3) is 0.636. The number of hydrogen-bond acceptors (Lipinski definition) is 2. The molecule has 1 heterocycles. The Hall–Kier alpha value is -0.800. The van der Waals surface area contributed by atoms with E-state index < -0.39 is 0 Å². The predicted molar refractivity (Wildman–Crippen MR) is 58.1 cm³/mol. The molecule has 80 valence electrons. The van der Waals surface area contributed by atoms with E-state index in [1.54, 1.807) is 6.92 Å². The molecule has 1 aromatic heterocycles. The molecule has 0 radical (unpaired) electrons. The fourth-order valence-electron chi connectivity index (χ4n) is 1.34. The minimum absolute atomic E-state index is 0.284. The maximum atomic E-state index is 9.20. The van der Waals surface area contributed by atoms with Crippen molar-refractivity contribution in [2.24, 2.45) is 0 Å². The van der Waals surface area contributed by atoms with Crippen LogP contribution in [-0.4, -0.2) is 21.8 Å². The molecule has 1 atom stereocenters. The van der Waals surface area contributed by atoms with Crippen LogP contribution in [0.15, 0.2) is 18.5 Å². The highest BCUT2D eigenvalue weighted by molar-refractivity contribution is 5.10. The van der Waals surface area contributed by atoms with Crippen LogP contribution in [0, 0.1) is 0 Å². The molecule has 0 amide bonds. The number of aliphatic hydroxyl groups is 1. The molecule has 3 heteroatoms. The number of rotatable bonds is 5. The van der Waals surface area contributed by atoms with Crippen LogP contribution in [0.25, 0.3) is 0 Å². The summed E-state index contributed by atoms with van der Waals surface area (Å²) in [5, 5.41) is 12.5. The normalized spacial score (nSPS) is 13.5. The monoisotopic (exact) mass is 196 g/mol. The molecular formula is C11H20N2O. The minimum Gasteiger partial charge on any atom is -0.392 e. The first-order valence-electron chi connectivity index (χ1n) is 5.14. The van der Waals surface area contributed by atoms with Gasteiger partial charge in [0.15, 0.2) is 0 Å². The van der Waals surface area contributed by atoms with Crippen LogP contribution in [0.4, 0.5) is 0 Å². The van der Waals surface area contributed by atoms with Gasteiger partial charge in [-0.3, -0.25) is 0 Å². The molecule has 0 aromatic carbocycles. The first kappa shape index (κ1) is 11.3. The van der Waals surface area contributed by atoms with E-state index in [9.17, 15) is 5.11 Å². The van der Waals surface area contributed by atoms with Crippen LogP contribution in [0.1, 0.15) is 26.3 Å². The van der Waals surface area contributed by atoms with Gasteiger partial charge in [-0.2, -0.15) is 0 Å². The van der Waals surface area contributed by atoms with Crippen LogP contribution in [0.5, 0.6) is 0 Å². The van der Waals surface area contributed by atoms with Gasteiger partial charge in [0.2, 0.25) is 0 Å². The van der Waals surface area contributed by atoms with Crippen LogP contribution in [0.3, 0.4) is 0 Å². The van der Waals surface area contributed by atoms with E-state index in [4.69, 9.17) is 0 Å². The summed E-state index contributed by atoms with van der Waals surface area (Å²) in [5.74, 6) is 0. The van der Waals surface area contributed by atoms with Crippen molar-refractivity contribution in [2.75, 3.05) is 0 Å². The minimum atomic E-state index is -0.284. The lowest BCUT2D eigenvalue weighted by Crippen LogP contribution is -2.21. The molecule has 0 bridgehead atoms. The van der Waals surface area contributed by atoms with E-state index in [-0.39, 0.29) is 6.10 Å². The van der Waals surface area contributed by atoms with Crippen LogP contribution >= 0.6 is 0 Å². The van der Waals surface area contributed by atoms with Crippen LogP contribution < -0.4 is 5.32 Å². The van der Waals surface area contributed by atoms with Crippen molar-refractivity contribution in [3.05, 3.63) is 24.0 Å². The predicted octanol–water partition coefficient (Wildman–Crippen LogP) is 1.37. The van der Waals surface area contributed by atoms with Gasteiger partial charge in [0, 0.05) is 31.5 Å². The molecule has 2 N–H and O–H groups in total. The Morgan fingerprint density at radius 3 is 2.71 bits per heavy atom. The number of aliphatic hydroxyl groups excluding tert-OH is 1. The molecule has 0 saturated heterocycles. The Morgan fingerprint density at radius 1 is 1.43 bits per heavy atom. The average molecular weight is 196 g/mol. The Kier molecular flexibility index (Phi) is 4.17. The van der Waals surface area contributed by atoms with E-state index in [0.29, 0.717) is 12.6 Å². The largest absolute Gasteiger partial charge is 0.392 e. The van der Waals surface area contributed by atoms with Crippen molar-refractivity contribution in [3.63, 3.8) is 0 Å². The van der Waals surface area contributed by atoms with Gasteiger partial charge >= 0.3 is 0 Å². The maximum absolute atomic E-state index is 9.20. The van der Waals surface area contributed by atoms with Gasteiger partial charge in [0.05, 0.1) is 6.10 Å². The zero-order chi connectivity index (χ0) is 10.6. The Bertz CT molecular complexity index is 266. The lowest BCUT2D eigenvalue weighted by Gasteiger charge is -2.06. The number of aromatic nitrogens is 1. The van der Waals surface area contributed by atoms with Crippen molar-refractivity contribution < 1.29 is 5.11 Å². The number of hydrogen-bond donors (Lipinski definition) is 2. The first-order valence-corrected chi connectivity index (χ1v) is 5.14. The highest BCUT2D eigenvalue weighted by Crippen LogP contribution is 2.02. The van der Waals surface area contributed by atoms with Gasteiger partial charge in [-0.05, 0) is 18.6 Å². The fourth-order valence-corrected chi connectivity index (χ4v) is 1.34. The smallest absolute Gasteiger partial charge is 0.0690 e. The Labute approximate surface area is 85.7 Å². The van der Waals surface area contributed by atoms with E-state index >= 15 is 0 Å². The summed E-state index contributed by atoms with van der Waals surface area (Å²) in [6.45, 7) is 7.62. The topological polar surface area (TPSA) is 37.2 Å². The average Bonchev–Trinajstić information content (AvgIpc) is 2.47. The molecule has 0 aliphatic rings. The zero-order valence-corrected chi connectivity index (χ0v) is 9.20. The van der Waals surface area contributed by atoms with E-state index in [0.717, 1.165) is 6.54 Å².